The molecule has 0 aliphatic carbocycles. The summed E-state index contributed by atoms with van der Waals surface area (Å²) in [5, 5.41) is 9.50. The largest absolute Gasteiger partial charge is 0.478 e. The summed E-state index contributed by atoms with van der Waals surface area (Å²) >= 11 is 4.65. The number of carbonyl (C=O) groups excluding carboxylic acids is 1. The first kappa shape index (κ1) is 20.2. The number of furan rings is 1. The number of carbonyl (C=O) groups is 2. The van der Waals surface area contributed by atoms with Gasteiger partial charge in [0.2, 0.25) is 0 Å². The molecule has 0 saturated carbocycles. The van der Waals surface area contributed by atoms with E-state index in [1.54, 1.807) is 25.3 Å². The van der Waals surface area contributed by atoms with Crippen LogP contribution in [0.3, 0.4) is 0 Å². The third kappa shape index (κ3) is 4.24. The summed E-state index contributed by atoms with van der Waals surface area (Å²) in [6.45, 7) is 0. The molecular formula is C22H15BrN2O4S. The van der Waals surface area contributed by atoms with Crippen molar-refractivity contribution in [1.29, 1.82) is 0 Å². The van der Waals surface area contributed by atoms with Gasteiger partial charge in [-0.3, -0.25) is 9.69 Å². The van der Waals surface area contributed by atoms with Gasteiger partial charge >= 0.3 is 5.97 Å². The molecule has 1 amide bonds. The van der Waals surface area contributed by atoms with Crippen molar-refractivity contribution in [2.45, 2.75) is 0 Å². The quantitative estimate of drug-likeness (QED) is 0.486. The lowest BCUT2D eigenvalue weighted by molar-refractivity contribution is -0.121. The number of aliphatic imine (C=N–C) groups is 1. The highest BCUT2D eigenvalue weighted by Gasteiger charge is 2.30. The van der Waals surface area contributed by atoms with Crippen LogP contribution in [0.1, 0.15) is 16.1 Å². The van der Waals surface area contributed by atoms with Crippen molar-refractivity contribution in [3.05, 3.63) is 81.4 Å². The van der Waals surface area contributed by atoms with E-state index in [1.807, 2.05) is 36.4 Å². The second-order valence-corrected chi connectivity index (χ2v) is 8.35. The maximum atomic E-state index is 12.6. The Bertz CT molecular complexity index is 1180. The molecule has 4 rings (SSSR count). The molecule has 3 aromatic rings. The Balaban J connectivity index is 1.55. The molecule has 2 aromatic carbocycles. The molecule has 0 atom stereocenters. The number of hydrogen-bond donors (Lipinski definition) is 1. The summed E-state index contributed by atoms with van der Waals surface area (Å²) in [7, 11) is 1.65. The number of benzene rings is 2. The number of halogens is 1. The summed E-state index contributed by atoms with van der Waals surface area (Å²) in [5.74, 6) is 0.111. The van der Waals surface area contributed by atoms with Gasteiger partial charge in [-0.1, -0.05) is 28.1 Å². The second kappa shape index (κ2) is 8.33. The van der Waals surface area contributed by atoms with Crippen LogP contribution in [0.2, 0.25) is 0 Å². The number of nitrogens with zero attached hydrogens (tertiary/aromatic N) is 2. The lowest BCUT2D eigenvalue weighted by Gasteiger charge is -2.07. The Morgan fingerprint density at radius 1 is 1.10 bits per heavy atom. The van der Waals surface area contributed by atoms with Crippen molar-refractivity contribution >= 4 is 56.5 Å². The first-order valence-electron chi connectivity index (χ1n) is 8.86. The second-order valence-electron chi connectivity index (χ2n) is 6.43. The molecule has 1 N–H and O–H groups in total. The SMILES string of the molecule is CN1C(=O)C(=Cc2ccc(-c3ccc(Br)cc3)o2)SC1=Nc1ccc(C(=O)O)cc1. The number of carboxylic acid groups (broad SMARTS) is 1. The molecule has 0 unspecified atom stereocenters. The number of amidine groups is 1. The van der Waals surface area contributed by atoms with E-state index in [0.29, 0.717) is 27.3 Å². The summed E-state index contributed by atoms with van der Waals surface area (Å²) in [4.78, 5) is 30.0. The van der Waals surface area contributed by atoms with Crippen molar-refractivity contribution in [3.63, 3.8) is 0 Å². The summed E-state index contributed by atoms with van der Waals surface area (Å²) < 4.78 is 6.86. The Morgan fingerprint density at radius 2 is 1.80 bits per heavy atom. The molecule has 0 radical (unpaired) electrons. The van der Waals surface area contributed by atoms with Crippen LogP contribution in [0, 0.1) is 0 Å². The normalized spacial score (nSPS) is 16.6. The first-order chi connectivity index (χ1) is 14.4. The van der Waals surface area contributed by atoms with Gasteiger partial charge in [0.25, 0.3) is 5.91 Å². The summed E-state index contributed by atoms with van der Waals surface area (Å²) in [5.41, 5.74) is 1.69. The van der Waals surface area contributed by atoms with E-state index in [1.165, 1.54) is 28.8 Å². The number of rotatable bonds is 4. The molecular weight excluding hydrogens is 468 g/mol. The van der Waals surface area contributed by atoms with Gasteiger partial charge in [-0.2, -0.15) is 0 Å². The average Bonchev–Trinajstić information content (AvgIpc) is 3.30. The minimum Gasteiger partial charge on any atom is -0.478 e. The number of aromatic carboxylic acids is 1. The van der Waals surface area contributed by atoms with Crippen molar-refractivity contribution < 1.29 is 19.1 Å². The third-order valence-electron chi connectivity index (χ3n) is 4.37. The van der Waals surface area contributed by atoms with Gasteiger partial charge in [0.05, 0.1) is 16.2 Å². The minimum absolute atomic E-state index is 0.178. The van der Waals surface area contributed by atoms with Crippen LogP contribution in [0.15, 0.2) is 79.5 Å². The molecule has 0 spiro atoms. The van der Waals surface area contributed by atoms with Crippen LogP contribution >= 0.6 is 27.7 Å². The zero-order valence-corrected chi connectivity index (χ0v) is 18.1. The van der Waals surface area contributed by atoms with E-state index in [0.717, 1.165) is 10.0 Å². The Labute approximate surface area is 185 Å². The van der Waals surface area contributed by atoms with Crippen LogP contribution in [-0.2, 0) is 4.79 Å². The zero-order valence-electron chi connectivity index (χ0n) is 15.7. The average molecular weight is 483 g/mol. The fourth-order valence-electron chi connectivity index (χ4n) is 2.77. The number of likely N-dealkylation sites (N-methyl/N-ethyl adjacent to an activating group) is 1. The molecule has 0 bridgehead atoms. The predicted octanol–water partition coefficient (Wildman–Crippen LogP) is 5.64. The topological polar surface area (TPSA) is 83.1 Å². The van der Waals surface area contributed by atoms with Gasteiger partial charge in [-0.25, -0.2) is 9.79 Å². The van der Waals surface area contributed by atoms with Gasteiger partial charge in [-0.05, 0) is 60.3 Å². The van der Waals surface area contributed by atoms with Gasteiger partial charge in [0.1, 0.15) is 11.5 Å². The predicted molar refractivity (Wildman–Crippen MR) is 121 cm³/mol. The van der Waals surface area contributed by atoms with Gasteiger partial charge < -0.3 is 9.52 Å². The highest BCUT2D eigenvalue weighted by Crippen LogP contribution is 2.34. The lowest BCUT2D eigenvalue weighted by atomic mass is 10.2. The maximum absolute atomic E-state index is 12.6. The van der Waals surface area contributed by atoms with Crippen LogP contribution in [0.4, 0.5) is 5.69 Å². The lowest BCUT2D eigenvalue weighted by Crippen LogP contribution is -2.23. The molecule has 8 heteroatoms. The van der Waals surface area contributed by atoms with Crippen LogP contribution in [-0.4, -0.2) is 34.1 Å². The molecule has 150 valence electrons. The standard InChI is InChI=1S/C22H15BrN2O4S/c1-25-20(26)19(30-22(25)24-16-8-4-14(5-9-16)21(27)28)12-17-10-11-18(29-17)13-2-6-15(23)7-3-13/h2-12H,1H3,(H,27,28). The monoisotopic (exact) mass is 482 g/mol. The molecule has 1 fully saturated rings. The maximum Gasteiger partial charge on any atom is 0.335 e. The number of carboxylic acids is 1. The van der Waals surface area contributed by atoms with Gasteiger partial charge in [0.15, 0.2) is 5.17 Å². The molecule has 1 saturated heterocycles. The van der Waals surface area contributed by atoms with E-state index in [2.05, 4.69) is 20.9 Å². The van der Waals surface area contributed by atoms with E-state index in [4.69, 9.17) is 9.52 Å². The van der Waals surface area contributed by atoms with Crippen LogP contribution < -0.4 is 0 Å². The minimum atomic E-state index is -0.997. The van der Waals surface area contributed by atoms with Crippen molar-refractivity contribution in [3.8, 4) is 11.3 Å². The van der Waals surface area contributed by atoms with E-state index < -0.39 is 5.97 Å². The fourth-order valence-corrected chi connectivity index (χ4v) is 4.00. The summed E-state index contributed by atoms with van der Waals surface area (Å²) in [6, 6.07) is 17.6. The third-order valence-corrected chi connectivity index (χ3v) is 5.96. The first-order valence-corrected chi connectivity index (χ1v) is 10.5. The fraction of sp³-hybridized carbons (Fsp3) is 0.0455. The number of hydrogen-bond acceptors (Lipinski definition) is 5. The van der Waals surface area contributed by atoms with Crippen molar-refractivity contribution in [2.75, 3.05) is 7.05 Å². The van der Waals surface area contributed by atoms with E-state index >= 15 is 0 Å². The van der Waals surface area contributed by atoms with E-state index in [-0.39, 0.29) is 11.5 Å². The highest BCUT2D eigenvalue weighted by molar-refractivity contribution is 9.10. The molecule has 30 heavy (non-hydrogen) atoms. The molecule has 1 aliphatic rings. The summed E-state index contributed by atoms with van der Waals surface area (Å²) in [6.07, 6.45) is 1.70. The van der Waals surface area contributed by atoms with Crippen LogP contribution in [0.25, 0.3) is 17.4 Å². The van der Waals surface area contributed by atoms with Crippen molar-refractivity contribution in [1.82, 2.24) is 4.90 Å². The number of thioether (sulfide) groups is 1. The molecule has 1 aliphatic heterocycles. The van der Waals surface area contributed by atoms with Gasteiger partial charge in [0, 0.05) is 23.2 Å². The Kier molecular flexibility index (Phi) is 5.61. The Hall–Kier alpha value is -3.10. The highest BCUT2D eigenvalue weighted by atomic mass is 79.9. The number of amides is 1. The van der Waals surface area contributed by atoms with Gasteiger partial charge in [-0.15, -0.1) is 0 Å². The van der Waals surface area contributed by atoms with E-state index in [9.17, 15) is 9.59 Å². The zero-order chi connectivity index (χ0) is 21.3. The molecule has 6 nitrogen and oxygen atoms in total. The molecule has 1 aromatic heterocycles. The smallest absolute Gasteiger partial charge is 0.335 e. The van der Waals surface area contributed by atoms with Crippen molar-refractivity contribution in [2.24, 2.45) is 4.99 Å². The Morgan fingerprint density at radius 3 is 2.47 bits per heavy atom. The van der Waals surface area contributed by atoms with Crippen LogP contribution in [0.5, 0.6) is 0 Å². The molecule has 2 heterocycles.